The highest BCUT2D eigenvalue weighted by Crippen LogP contribution is 2.33. The van der Waals surface area contributed by atoms with Gasteiger partial charge in [-0.2, -0.15) is 0 Å². The molecule has 0 atom stereocenters. The third kappa shape index (κ3) is 4.62. The number of nitrogens with zero attached hydrogens (tertiary/aromatic N) is 2. The smallest absolute Gasteiger partial charge is 0.262 e. The molecule has 2 amide bonds. The van der Waals surface area contributed by atoms with Crippen LogP contribution < -0.4 is 16.2 Å². The second-order valence-electron chi connectivity index (χ2n) is 7.22. The molecule has 4 rings (SSSR count). The Labute approximate surface area is 185 Å². The van der Waals surface area contributed by atoms with E-state index < -0.39 is 0 Å². The van der Waals surface area contributed by atoms with Crippen LogP contribution in [0.2, 0.25) is 0 Å². The maximum Gasteiger partial charge on any atom is 0.262 e. The largest absolute Gasteiger partial charge is 0.347 e. The van der Waals surface area contributed by atoms with E-state index in [-0.39, 0.29) is 36.9 Å². The topological polar surface area (TPSA) is 93.1 Å². The average Bonchev–Trinajstić information content (AvgIpc) is 3.13. The van der Waals surface area contributed by atoms with Gasteiger partial charge in [0.2, 0.25) is 11.8 Å². The van der Waals surface area contributed by atoms with E-state index in [4.69, 9.17) is 0 Å². The number of benzene rings is 1. The molecule has 0 fully saturated rings. The second-order valence-corrected chi connectivity index (χ2v) is 9.22. The quantitative estimate of drug-likeness (QED) is 0.556. The number of hydrogen-bond donors (Lipinski definition) is 2. The molecule has 2 heterocycles. The fraction of sp³-hybridized carbons (Fsp3) is 0.333. The highest BCUT2D eigenvalue weighted by molar-refractivity contribution is 9.10. The summed E-state index contributed by atoms with van der Waals surface area (Å²) < 4.78 is 2.41. The van der Waals surface area contributed by atoms with E-state index in [0.717, 1.165) is 40.5 Å². The highest BCUT2D eigenvalue weighted by atomic mass is 79.9. The van der Waals surface area contributed by atoms with Crippen LogP contribution in [-0.4, -0.2) is 27.9 Å². The minimum Gasteiger partial charge on any atom is -0.347 e. The Kier molecular flexibility index (Phi) is 6.29. The van der Waals surface area contributed by atoms with Crippen molar-refractivity contribution in [3.05, 3.63) is 55.9 Å². The molecule has 0 aliphatic heterocycles. The molecule has 0 saturated carbocycles. The minimum absolute atomic E-state index is 0.0832. The first-order chi connectivity index (χ1) is 14.5. The van der Waals surface area contributed by atoms with Crippen molar-refractivity contribution in [2.45, 2.75) is 38.6 Å². The van der Waals surface area contributed by atoms with Gasteiger partial charge in [0.15, 0.2) is 0 Å². The number of nitrogens with one attached hydrogen (secondary N) is 2. The number of anilines is 1. The molecule has 30 heavy (non-hydrogen) atoms. The molecule has 0 bridgehead atoms. The van der Waals surface area contributed by atoms with Crippen molar-refractivity contribution in [3.63, 3.8) is 0 Å². The van der Waals surface area contributed by atoms with Crippen LogP contribution in [-0.2, 0) is 29.0 Å². The number of thiophene rings is 1. The van der Waals surface area contributed by atoms with E-state index in [1.165, 1.54) is 15.8 Å². The van der Waals surface area contributed by atoms with Crippen LogP contribution in [0, 0.1) is 0 Å². The standard InChI is InChI=1S/C21H21BrN4O3S/c22-13-5-7-14(8-6-13)25-18(28)11-23-17(27)9-10-26-12-24-20-19(21(26)29)15-3-1-2-4-16(15)30-20/h5-8,12H,1-4,9-11H2,(H,23,27)(H,25,28). The Balaban J connectivity index is 1.33. The average molecular weight is 489 g/mol. The van der Waals surface area contributed by atoms with E-state index >= 15 is 0 Å². The zero-order chi connectivity index (χ0) is 21.1. The van der Waals surface area contributed by atoms with Crippen molar-refractivity contribution in [2.24, 2.45) is 0 Å². The normalized spacial score (nSPS) is 13.1. The van der Waals surface area contributed by atoms with E-state index in [1.54, 1.807) is 23.5 Å². The summed E-state index contributed by atoms with van der Waals surface area (Å²) in [5.41, 5.74) is 1.71. The molecule has 0 radical (unpaired) electrons. The molecular formula is C21H21BrN4O3S. The zero-order valence-corrected chi connectivity index (χ0v) is 18.6. The molecular weight excluding hydrogens is 468 g/mol. The molecule has 2 N–H and O–H groups in total. The van der Waals surface area contributed by atoms with Crippen LogP contribution in [0.1, 0.15) is 29.7 Å². The number of aromatic nitrogens is 2. The Bertz CT molecular complexity index is 1150. The highest BCUT2D eigenvalue weighted by Gasteiger charge is 2.20. The molecule has 1 aliphatic rings. The lowest BCUT2D eigenvalue weighted by atomic mass is 9.97. The third-order valence-electron chi connectivity index (χ3n) is 5.10. The predicted molar refractivity (Wildman–Crippen MR) is 121 cm³/mol. The SMILES string of the molecule is O=C(CCn1cnc2sc3c(c2c1=O)CCCC3)NCC(=O)Nc1ccc(Br)cc1. The Morgan fingerprint density at radius 1 is 1.13 bits per heavy atom. The van der Waals surface area contributed by atoms with Crippen LogP contribution >= 0.6 is 27.3 Å². The van der Waals surface area contributed by atoms with Gasteiger partial charge in [-0.25, -0.2) is 4.98 Å². The minimum atomic E-state index is -0.309. The van der Waals surface area contributed by atoms with Crippen LogP contribution in [0.25, 0.3) is 10.2 Å². The molecule has 7 nitrogen and oxygen atoms in total. The van der Waals surface area contributed by atoms with Crippen molar-refractivity contribution < 1.29 is 9.59 Å². The first-order valence-corrected chi connectivity index (χ1v) is 11.4. The van der Waals surface area contributed by atoms with Gasteiger partial charge < -0.3 is 10.6 Å². The van der Waals surface area contributed by atoms with E-state index in [0.29, 0.717) is 11.1 Å². The molecule has 0 spiro atoms. The summed E-state index contributed by atoms with van der Waals surface area (Å²) in [4.78, 5) is 43.5. The molecule has 156 valence electrons. The van der Waals surface area contributed by atoms with Crippen LogP contribution in [0.3, 0.4) is 0 Å². The van der Waals surface area contributed by atoms with Crippen LogP contribution in [0.4, 0.5) is 5.69 Å². The van der Waals surface area contributed by atoms with Crippen molar-refractivity contribution in [1.82, 2.24) is 14.9 Å². The molecule has 3 aromatic rings. The van der Waals surface area contributed by atoms with Crippen molar-refractivity contribution in [3.8, 4) is 0 Å². The van der Waals surface area contributed by atoms with E-state index in [2.05, 4.69) is 31.5 Å². The number of carbonyl (C=O) groups excluding carboxylic acids is 2. The van der Waals surface area contributed by atoms with Gasteiger partial charge in [-0.05, 0) is 55.5 Å². The van der Waals surface area contributed by atoms with Gasteiger partial charge in [0.25, 0.3) is 5.56 Å². The van der Waals surface area contributed by atoms with Crippen molar-refractivity contribution in [1.29, 1.82) is 0 Å². The number of hydrogen-bond acceptors (Lipinski definition) is 5. The summed E-state index contributed by atoms with van der Waals surface area (Å²) in [6.07, 6.45) is 5.80. The lowest BCUT2D eigenvalue weighted by molar-refractivity contribution is -0.124. The lowest BCUT2D eigenvalue weighted by Gasteiger charge is -2.10. The fourth-order valence-electron chi connectivity index (χ4n) is 3.57. The first kappa shape index (κ1) is 20.7. The summed E-state index contributed by atoms with van der Waals surface area (Å²) in [6, 6.07) is 7.17. The van der Waals surface area contributed by atoms with Crippen molar-refractivity contribution in [2.75, 3.05) is 11.9 Å². The van der Waals surface area contributed by atoms with Crippen LogP contribution in [0.5, 0.6) is 0 Å². The van der Waals surface area contributed by atoms with Gasteiger partial charge in [-0.15, -0.1) is 11.3 Å². The summed E-state index contributed by atoms with van der Waals surface area (Å²) in [5.74, 6) is -0.601. The third-order valence-corrected chi connectivity index (χ3v) is 6.82. The first-order valence-electron chi connectivity index (χ1n) is 9.83. The lowest BCUT2D eigenvalue weighted by Crippen LogP contribution is -2.34. The number of carbonyl (C=O) groups is 2. The Morgan fingerprint density at radius 3 is 2.70 bits per heavy atom. The summed E-state index contributed by atoms with van der Waals surface area (Å²) in [5, 5.41) is 6.02. The number of fused-ring (bicyclic) bond motifs is 3. The number of rotatable bonds is 6. The predicted octanol–water partition coefficient (Wildman–Crippen LogP) is 3.24. The summed E-state index contributed by atoms with van der Waals surface area (Å²) in [6.45, 7) is 0.103. The van der Waals surface area contributed by atoms with Crippen LogP contribution in [0.15, 0.2) is 39.9 Å². The van der Waals surface area contributed by atoms with Gasteiger partial charge in [0.05, 0.1) is 18.3 Å². The van der Waals surface area contributed by atoms with Gasteiger partial charge in [0.1, 0.15) is 4.83 Å². The monoisotopic (exact) mass is 488 g/mol. The van der Waals surface area contributed by atoms with E-state index in [1.807, 2.05) is 12.1 Å². The molecule has 0 saturated heterocycles. The molecule has 1 aromatic carbocycles. The zero-order valence-electron chi connectivity index (χ0n) is 16.2. The van der Waals surface area contributed by atoms with Gasteiger partial charge >= 0.3 is 0 Å². The Morgan fingerprint density at radius 2 is 1.90 bits per heavy atom. The second kappa shape index (κ2) is 9.09. The van der Waals surface area contributed by atoms with Gasteiger partial charge in [0, 0.05) is 28.0 Å². The molecule has 1 aliphatic carbocycles. The number of halogens is 1. The Hall–Kier alpha value is -2.52. The van der Waals surface area contributed by atoms with Gasteiger partial charge in [-0.1, -0.05) is 15.9 Å². The maximum absolute atomic E-state index is 12.9. The van der Waals surface area contributed by atoms with Crippen molar-refractivity contribution >= 4 is 55.0 Å². The summed E-state index contributed by atoms with van der Waals surface area (Å²) in [7, 11) is 0. The van der Waals surface area contributed by atoms with E-state index in [9.17, 15) is 14.4 Å². The molecule has 9 heteroatoms. The number of aryl methyl sites for hydroxylation is 3. The fourth-order valence-corrected chi connectivity index (χ4v) is 5.05. The molecule has 0 unspecified atom stereocenters. The molecule has 2 aromatic heterocycles. The van der Waals surface area contributed by atoms with Gasteiger partial charge in [-0.3, -0.25) is 19.0 Å². The summed E-state index contributed by atoms with van der Waals surface area (Å²) >= 11 is 4.94. The maximum atomic E-state index is 12.9. The number of amides is 2.